The lowest BCUT2D eigenvalue weighted by Gasteiger charge is -2.35. The van der Waals surface area contributed by atoms with Crippen molar-refractivity contribution < 1.29 is 19.2 Å². The van der Waals surface area contributed by atoms with Crippen LogP contribution >= 0.6 is 0 Å². The zero-order valence-corrected chi connectivity index (χ0v) is 15.0. The van der Waals surface area contributed by atoms with Crippen LogP contribution in [0, 0.1) is 0 Å². The fourth-order valence-corrected chi connectivity index (χ4v) is 3.64. The third-order valence-corrected chi connectivity index (χ3v) is 5.08. The molecule has 1 aromatic heterocycles. The fourth-order valence-electron chi connectivity index (χ4n) is 3.64. The molecule has 1 aromatic carbocycles. The Morgan fingerprint density at radius 3 is 2.62 bits per heavy atom. The Kier molecular flexibility index (Phi) is 4.28. The molecule has 1 amide bonds. The van der Waals surface area contributed by atoms with Gasteiger partial charge in [0.15, 0.2) is 5.60 Å². The molecular formula is C19H23N3O4. The molecule has 1 aliphatic heterocycles. The number of benzene rings is 1. The van der Waals surface area contributed by atoms with Crippen molar-refractivity contribution in [2.45, 2.75) is 44.3 Å². The summed E-state index contributed by atoms with van der Waals surface area (Å²) in [6.07, 6.45) is 0.268. The van der Waals surface area contributed by atoms with E-state index in [1.54, 1.807) is 4.90 Å². The van der Waals surface area contributed by atoms with Crippen LogP contribution < -0.4 is 0 Å². The molecule has 1 unspecified atom stereocenters. The number of carbonyl (C=O) groups excluding carboxylic acids is 1. The second-order valence-electron chi connectivity index (χ2n) is 7.41. The number of rotatable bonds is 3. The number of hydrogen-bond donors (Lipinski definition) is 1. The van der Waals surface area contributed by atoms with Gasteiger partial charge in [0, 0.05) is 25.3 Å². The van der Waals surface area contributed by atoms with Crippen LogP contribution in [0.4, 0.5) is 0 Å². The minimum Gasteiger partial charge on any atom is -0.379 e. The summed E-state index contributed by atoms with van der Waals surface area (Å²) in [5, 5.41) is 15.0. The minimum absolute atomic E-state index is 0.135. The molecule has 4 rings (SSSR count). The van der Waals surface area contributed by atoms with E-state index in [9.17, 15) is 9.90 Å². The standard InChI is InChI=1S/C19H23N3O4/c1-12(2)17-20-16(21-26-17)15-11-22(7-8-25-15)18(23)19(24)9-13-5-3-4-6-14(13)10-19/h3-6,12,15,24H,7-11H2,1-2H3. The van der Waals surface area contributed by atoms with Gasteiger partial charge in [-0.2, -0.15) is 4.98 Å². The Bertz CT molecular complexity index is 792. The lowest BCUT2D eigenvalue weighted by atomic mass is 9.98. The largest absolute Gasteiger partial charge is 0.379 e. The van der Waals surface area contributed by atoms with Crippen LogP contribution in [0.15, 0.2) is 28.8 Å². The molecular weight excluding hydrogens is 334 g/mol. The first kappa shape index (κ1) is 17.2. The van der Waals surface area contributed by atoms with Crippen molar-refractivity contribution in [3.05, 3.63) is 47.1 Å². The van der Waals surface area contributed by atoms with Crippen molar-refractivity contribution in [2.24, 2.45) is 0 Å². The average molecular weight is 357 g/mol. The third kappa shape index (κ3) is 3.01. The smallest absolute Gasteiger partial charge is 0.255 e. The van der Waals surface area contributed by atoms with E-state index in [0.29, 0.717) is 44.3 Å². The number of fused-ring (bicyclic) bond motifs is 1. The summed E-state index contributed by atoms with van der Waals surface area (Å²) in [6.45, 7) is 5.09. The number of ether oxygens (including phenoxy) is 1. The number of morpholine rings is 1. The van der Waals surface area contributed by atoms with Gasteiger partial charge in [-0.3, -0.25) is 4.79 Å². The van der Waals surface area contributed by atoms with Gasteiger partial charge in [0.25, 0.3) is 5.91 Å². The van der Waals surface area contributed by atoms with Crippen molar-refractivity contribution in [1.82, 2.24) is 15.0 Å². The quantitative estimate of drug-likeness (QED) is 0.898. The lowest BCUT2D eigenvalue weighted by Crippen LogP contribution is -2.53. The van der Waals surface area contributed by atoms with Crippen molar-refractivity contribution >= 4 is 5.91 Å². The Labute approximate surface area is 152 Å². The summed E-state index contributed by atoms with van der Waals surface area (Å²) in [6, 6.07) is 7.80. The zero-order chi connectivity index (χ0) is 18.3. The van der Waals surface area contributed by atoms with Crippen LogP contribution in [0.2, 0.25) is 0 Å². The monoisotopic (exact) mass is 357 g/mol. The number of hydrogen-bond acceptors (Lipinski definition) is 6. The predicted octanol–water partition coefficient (Wildman–Crippen LogP) is 1.62. The Hall–Kier alpha value is -2.25. The molecule has 2 aliphatic rings. The maximum Gasteiger partial charge on any atom is 0.255 e. The van der Waals surface area contributed by atoms with Gasteiger partial charge in [-0.05, 0) is 11.1 Å². The summed E-state index contributed by atoms with van der Waals surface area (Å²) >= 11 is 0. The van der Waals surface area contributed by atoms with Gasteiger partial charge in [-0.1, -0.05) is 43.3 Å². The predicted molar refractivity (Wildman–Crippen MR) is 92.5 cm³/mol. The average Bonchev–Trinajstić information content (AvgIpc) is 3.26. The molecule has 26 heavy (non-hydrogen) atoms. The Morgan fingerprint density at radius 1 is 1.31 bits per heavy atom. The molecule has 1 atom stereocenters. The highest BCUT2D eigenvalue weighted by Gasteiger charge is 2.45. The summed E-state index contributed by atoms with van der Waals surface area (Å²) in [5.74, 6) is 0.884. The van der Waals surface area contributed by atoms with Crippen molar-refractivity contribution in [3.8, 4) is 0 Å². The maximum atomic E-state index is 13.0. The molecule has 2 heterocycles. The van der Waals surface area contributed by atoms with Crippen molar-refractivity contribution in [3.63, 3.8) is 0 Å². The molecule has 2 aromatic rings. The van der Waals surface area contributed by atoms with E-state index < -0.39 is 11.7 Å². The van der Waals surface area contributed by atoms with Gasteiger partial charge in [-0.25, -0.2) is 0 Å². The molecule has 0 radical (unpaired) electrons. The molecule has 1 N–H and O–H groups in total. The lowest BCUT2D eigenvalue weighted by molar-refractivity contribution is -0.158. The zero-order valence-electron chi connectivity index (χ0n) is 15.0. The van der Waals surface area contributed by atoms with Gasteiger partial charge in [0.05, 0.1) is 13.2 Å². The van der Waals surface area contributed by atoms with E-state index in [1.807, 2.05) is 38.1 Å². The van der Waals surface area contributed by atoms with Crippen LogP contribution in [-0.2, 0) is 22.4 Å². The normalized spacial score (nSPS) is 21.8. The first-order valence-corrected chi connectivity index (χ1v) is 9.00. The van der Waals surface area contributed by atoms with Crippen LogP contribution in [-0.4, -0.2) is 51.4 Å². The van der Waals surface area contributed by atoms with E-state index in [1.165, 1.54) is 0 Å². The number of aromatic nitrogens is 2. The van der Waals surface area contributed by atoms with E-state index in [4.69, 9.17) is 9.26 Å². The number of aliphatic hydroxyl groups is 1. The highest BCUT2D eigenvalue weighted by atomic mass is 16.5. The molecule has 1 aliphatic carbocycles. The van der Waals surface area contributed by atoms with E-state index in [0.717, 1.165) is 11.1 Å². The van der Waals surface area contributed by atoms with Gasteiger partial charge >= 0.3 is 0 Å². The maximum absolute atomic E-state index is 13.0. The van der Waals surface area contributed by atoms with E-state index in [-0.39, 0.29) is 11.8 Å². The Morgan fingerprint density at radius 2 is 2.00 bits per heavy atom. The van der Waals surface area contributed by atoms with Gasteiger partial charge < -0.3 is 19.3 Å². The second-order valence-corrected chi connectivity index (χ2v) is 7.41. The van der Waals surface area contributed by atoms with Gasteiger partial charge in [-0.15, -0.1) is 0 Å². The number of nitrogens with zero attached hydrogens (tertiary/aromatic N) is 3. The topological polar surface area (TPSA) is 88.7 Å². The third-order valence-electron chi connectivity index (χ3n) is 5.08. The first-order chi connectivity index (χ1) is 12.5. The van der Waals surface area contributed by atoms with Gasteiger partial charge in [0.2, 0.25) is 11.7 Å². The fraction of sp³-hybridized carbons (Fsp3) is 0.526. The molecule has 0 bridgehead atoms. The Balaban J connectivity index is 1.48. The van der Waals surface area contributed by atoms with Crippen LogP contribution in [0.5, 0.6) is 0 Å². The summed E-state index contributed by atoms with van der Waals surface area (Å²) in [4.78, 5) is 19.1. The van der Waals surface area contributed by atoms with Crippen LogP contribution in [0.3, 0.4) is 0 Å². The molecule has 1 fully saturated rings. The molecule has 7 nitrogen and oxygen atoms in total. The molecule has 0 saturated carbocycles. The second kappa shape index (κ2) is 6.48. The summed E-state index contributed by atoms with van der Waals surface area (Å²) < 4.78 is 11.0. The number of amides is 1. The first-order valence-electron chi connectivity index (χ1n) is 9.00. The molecule has 1 saturated heterocycles. The number of carbonyl (C=O) groups is 1. The van der Waals surface area contributed by atoms with Crippen molar-refractivity contribution in [2.75, 3.05) is 19.7 Å². The molecule has 7 heteroatoms. The minimum atomic E-state index is -1.38. The van der Waals surface area contributed by atoms with E-state index >= 15 is 0 Å². The summed E-state index contributed by atoms with van der Waals surface area (Å²) in [7, 11) is 0. The highest BCUT2D eigenvalue weighted by molar-refractivity contribution is 5.87. The van der Waals surface area contributed by atoms with Crippen molar-refractivity contribution in [1.29, 1.82) is 0 Å². The molecule has 138 valence electrons. The van der Waals surface area contributed by atoms with Crippen LogP contribution in [0.25, 0.3) is 0 Å². The van der Waals surface area contributed by atoms with E-state index in [2.05, 4.69) is 10.1 Å². The summed E-state index contributed by atoms with van der Waals surface area (Å²) in [5.41, 5.74) is 0.687. The van der Waals surface area contributed by atoms with Crippen LogP contribution in [0.1, 0.15) is 48.7 Å². The SMILES string of the molecule is CC(C)c1nc(C2CN(C(=O)C3(O)Cc4ccccc4C3)CCO2)no1. The highest BCUT2D eigenvalue weighted by Crippen LogP contribution is 2.33. The van der Waals surface area contributed by atoms with Gasteiger partial charge in [0.1, 0.15) is 6.10 Å². The molecule has 0 spiro atoms.